The Bertz CT molecular complexity index is 1820. The van der Waals surface area contributed by atoms with Crippen molar-refractivity contribution in [2.75, 3.05) is 24.6 Å². The lowest BCUT2D eigenvalue weighted by atomic mass is 9.77. The summed E-state index contributed by atoms with van der Waals surface area (Å²) in [6.07, 6.45) is 5.96. The highest BCUT2D eigenvalue weighted by Gasteiger charge is 2.72. The van der Waals surface area contributed by atoms with E-state index in [0.717, 1.165) is 16.8 Å². The number of aliphatic hydroxyl groups excluding tert-OH is 1. The minimum absolute atomic E-state index is 0.0543. The van der Waals surface area contributed by atoms with Crippen LogP contribution in [0.3, 0.4) is 0 Å². The Labute approximate surface area is 291 Å². The second-order valence-corrected chi connectivity index (χ2v) is 13.4. The second-order valence-electron chi connectivity index (χ2n) is 13.4. The Hall–Kier alpha value is -5.06. The fourth-order valence-electron chi connectivity index (χ4n) is 8.14. The molecule has 3 aromatic carbocycles. The average molecular weight is 676 g/mol. The van der Waals surface area contributed by atoms with Crippen LogP contribution < -0.4 is 10.2 Å². The van der Waals surface area contributed by atoms with E-state index in [-0.39, 0.29) is 31.3 Å². The van der Waals surface area contributed by atoms with Gasteiger partial charge in [-0.25, -0.2) is 0 Å². The highest BCUT2D eigenvalue weighted by Crippen LogP contribution is 2.55. The number of para-hydroxylation sites is 1. The molecule has 7 rings (SSSR count). The molecule has 0 radical (unpaired) electrons. The minimum Gasteiger partial charge on any atom is -0.455 e. The molecule has 258 valence electrons. The van der Waals surface area contributed by atoms with Gasteiger partial charge in [-0.05, 0) is 42.5 Å². The monoisotopic (exact) mass is 675 g/mol. The fourth-order valence-corrected chi connectivity index (χ4v) is 8.14. The maximum Gasteiger partial charge on any atom is 0.313 e. The van der Waals surface area contributed by atoms with E-state index in [1.54, 1.807) is 23.1 Å². The molecule has 7 atom stereocenters. The highest BCUT2D eigenvalue weighted by atomic mass is 16.6. The van der Waals surface area contributed by atoms with E-state index in [9.17, 15) is 14.7 Å². The third kappa shape index (κ3) is 5.72. The van der Waals surface area contributed by atoms with Crippen LogP contribution in [0.2, 0.25) is 0 Å². The van der Waals surface area contributed by atoms with Gasteiger partial charge < -0.3 is 29.7 Å². The molecule has 2 fully saturated rings. The van der Waals surface area contributed by atoms with E-state index in [0.29, 0.717) is 17.5 Å². The lowest BCUT2D eigenvalue weighted by Gasteiger charge is -2.39. The molecule has 0 aromatic heterocycles. The van der Waals surface area contributed by atoms with E-state index < -0.39 is 60.2 Å². The van der Waals surface area contributed by atoms with E-state index in [4.69, 9.17) is 9.47 Å². The highest BCUT2D eigenvalue weighted by molar-refractivity contribution is 6.06. The standard InChI is InChI=1S/C40H41N3O7/c1-25-13-11-14-26(2)35(25)42-22-12-21-40-34(37(46)43(36(40)38(42)47)29(24-44)27-15-5-3-6-16-27)33-30(50-40)19-9-10-20-32(45)41-23-31(49-39(33)48)28-17-7-4-8-18-28/h3-9,11-19,21,29-31,33-34,36,44H,10,20,22-24H2,1-2H3,(H,41,45)/b19-9-/t29-,30-,31+,33+,34+,36-,40+/m1/s1. The zero-order chi connectivity index (χ0) is 35.0. The maximum atomic E-state index is 15.1. The van der Waals surface area contributed by atoms with Crippen LogP contribution in [0.15, 0.2) is 103 Å². The number of ether oxygens (including phenoxy) is 2. The van der Waals surface area contributed by atoms with Crippen molar-refractivity contribution < 1.29 is 33.8 Å². The van der Waals surface area contributed by atoms with Crippen LogP contribution in [0.5, 0.6) is 0 Å². The lowest BCUT2D eigenvalue weighted by Crippen LogP contribution is -2.56. The molecule has 0 saturated carbocycles. The minimum atomic E-state index is -1.56. The summed E-state index contributed by atoms with van der Waals surface area (Å²) in [7, 11) is 0. The molecule has 3 amide bonds. The summed E-state index contributed by atoms with van der Waals surface area (Å²) in [6.45, 7) is 3.70. The summed E-state index contributed by atoms with van der Waals surface area (Å²) in [5, 5.41) is 13.8. The Morgan fingerprint density at radius 3 is 2.30 bits per heavy atom. The third-order valence-electron chi connectivity index (χ3n) is 10.4. The first kappa shape index (κ1) is 33.4. The van der Waals surface area contributed by atoms with Gasteiger partial charge >= 0.3 is 5.97 Å². The molecule has 2 N–H and O–H groups in total. The van der Waals surface area contributed by atoms with Crippen LogP contribution in [0.25, 0.3) is 0 Å². The van der Waals surface area contributed by atoms with Gasteiger partial charge in [-0.3, -0.25) is 19.2 Å². The molecular formula is C40H41N3O7. The number of hydrogen-bond donors (Lipinski definition) is 2. The molecule has 4 heterocycles. The number of hydrogen-bond acceptors (Lipinski definition) is 7. The zero-order valence-corrected chi connectivity index (χ0v) is 28.1. The van der Waals surface area contributed by atoms with Crippen molar-refractivity contribution in [2.24, 2.45) is 11.8 Å². The molecule has 4 aliphatic rings. The summed E-state index contributed by atoms with van der Waals surface area (Å²) in [5.74, 6) is -3.96. The number of benzene rings is 3. The van der Waals surface area contributed by atoms with Gasteiger partial charge in [0, 0.05) is 18.7 Å². The van der Waals surface area contributed by atoms with Crippen molar-refractivity contribution >= 4 is 29.4 Å². The lowest BCUT2D eigenvalue weighted by molar-refractivity contribution is -0.160. The third-order valence-corrected chi connectivity index (χ3v) is 10.4. The quantitative estimate of drug-likeness (QED) is 0.306. The SMILES string of the molecule is Cc1cccc(C)c1N1CC=C[C@]23O[C@@H]4/C=C\CCC(=O)NC[C@@H](c5ccccc5)OC(=O)[C@@H]4[C@H]2C(=O)N([C@H](CO)c2ccccc2)[C@@H]3C1=O. The van der Waals surface area contributed by atoms with Gasteiger partial charge in [-0.15, -0.1) is 0 Å². The number of carbonyl (C=O) groups is 4. The van der Waals surface area contributed by atoms with Gasteiger partial charge in [0.2, 0.25) is 11.8 Å². The Balaban J connectivity index is 1.37. The molecule has 50 heavy (non-hydrogen) atoms. The summed E-state index contributed by atoms with van der Waals surface area (Å²) in [6, 6.07) is 21.9. The molecule has 0 bridgehead atoms. The van der Waals surface area contributed by atoms with Crippen LogP contribution in [-0.2, 0) is 28.7 Å². The van der Waals surface area contributed by atoms with Gasteiger partial charge in [0.15, 0.2) is 0 Å². The first-order valence-corrected chi connectivity index (χ1v) is 17.1. The van der Waals surface area contributed by atoms with Gasteiger partial charge in [0.25, 0.3) is 5.91 Å². The summed E-state index contributed by atoms with van der Waals surface area (Å²) in [4.78, 5) is 60.5. The number of nitrogens with one attached hydrogen (secondary N) is 1. The van der Waals surface area contributed by atoms with E-state index in [1.807, 2.05) is 98.8 Å². The molecule has 10 heteroatoms. The van der Waals surface area contributed by atoms with Gasteiger partial charge in [-0.2, -0.15) is 0 Å². The van der Waals surface area contributed by atoms with Gasteiger partial charge in [-0.1, -0.05) is 103 Å². The summed E-state index contributed by atoms with van der Waals surface area (Å²) >= 11 is 0. The van der Waals surface area contributed by atoms with Crippen LogP contribution in [0.1, 0.15) is 47.2 Å². The predicted octanol–water partition coefficient (Wildman–Crippen LogP) is 4.27. The molecule has 0 unspecified atom stereocenters. The fraction of sp³-hybridized carbons (Fsp3) is 0.350. The molecule has 4 aliphatic heterocycles. The predicted molar refractivity (Wildman–Crippen MR) is 186 cm³/mol. The van der Waals surface area contributed by atoms with Crippen molar-refractivity contribution in [1.82, 2.24) is 10.2 Å². The molecular weight excluding hydrogens is 634 g/mol. The van der Waals surface area contributed by atoms with E-state index in [2.05, 4.69) is 5.32 Å². The maximum absolute atomic E-state index is 15.1. The number of fused-ring (bicyclic) bond motifs is 2. The largest absolute Gasteiger partial charge is 0.455 e. The van der Waals surface area contributed by atoms with E-state index >= 15 is 9.59 Å². The molecule has 0 aliphatic carbocycles. The first-order valence-electron chi connectivity index (χ1n) is 17.1. The van der Waals surface area contributed by atoms with E-state index in [1.165, 1.54) is 4.90 Å². The average Bonchev–Trinajstić information content (AvgIpc) is 3.51. The van der Waals surface area contributed by atoms with Crippen molar-refractivity contribution in [3.05, 3.63) is 125 Å². The van der Waals surface area contributed by atoms with Crippen molar-refractivity contribution in [1.29, 1.82) is 0 Å². The molecule has 10 nitrogen and oxygen atoms in total. The number of carbonyl (C=O) groups excluding carboxylic acids is 4. The number of likely N-dealkylation sites (tertiary alicyclic amines) is 1. The number of esters is 1. The second kappa shape index (κ2) is 13.7. The van der Waals surface area contributed by atoms with Crippen LogP contribution in [-0.4, -0.2) is 71.1 Å². The van der Waals surface area contributed by atoms with Crippen molar-refractivity contribution in [3.63, 3.8) is 0 Å². The van der Waals surface area contributed by atoms with Gasteiger partial charge in [0.05, 0.1) is 31.2 Å². The number of amides is 3. The molecule has 3 aromatic rings. The summed E-state index contributed by atoms with van der Waals surface area (Å²) in [5.41, 5.74) is 2.31. The number of nitrogens with zero attached hydrogens (tertiary/aromatic N) is 2. The number of aryl methyl sites for hydroxylation is 2. The smallest absolute Gasteiger partial charge is 0.313 e. The van der Waals surface area contributed by atoms with Crippen LogP contribution in [0.4, 0.5) is 5.69 Å². The number of allylic oxidation sites excluding steroid dienone is 1. The first-order chi connectivity index (χ1) is 24.2. The number of cyclic esters (lactones) is 1. The van der Waals surface area contributed by atoms with Crippen molar-refractivity contribution in [3.8, 4) is 0 Å². The molecule has 2 saturated heterocycles. The number of anilines is 1. The topological polar surface area (TPSA) is 125 Å². The van der Waals surface area contributed by atoms with Gasteiger partial charge in [0.1, 0.15) is 23.7 Å². The number of aliphatic hydroxyl groups is 1. The Morgan fingerprint density at radius 2 is 1.60 bits per heavy atom. The van der Waals surface area contributed by atoms with Crippen LogP contribution >= 0.6 is 0 Å². The van der Waals surface area contributed by atoms with Crippen LogP contribution in [0, 0.1) is 25.7 Å². The summed E-state index contributed by atoms with van der Waals surface area (Å²) < 4.78 is 13.1. The molecule has 1 spiro atoms. The zero-order valence-electron chi connectivity index (χ0n) is 28.1. The Morgan fingerprint density at radius 1 is 0.900 bits per heavy atom. The Kier molecular flexibility index (Phi) is 9.15. The van der Waals surface area contributed by atoms with Crippen molar-refractivity contribution in [2.45, 2.75) is 56.6 Å². The normalized spacial score (nSPS) is 29.5. The number of rotatable bonds is 5.